The summed E-state index contributed by atoms with van der Waals surface area (Å²) in [4.78, 5) is 30.9. The number of amides is 1. The van der Waals surface area contributed by atoms with Crippen LogP contribution in [0.15, 0.2) is 41.4 Å². The predicted octanol–water partition coefficient (Wildman–Crippen LogP) is 3.17. The van der Waals surface area contributed by atoms with Crippen LogP contribution < -0.4 is 15.9 Å². The van der Waals surface area contributed by atoms with Crippen LogP contribution in [-0.4, -0.2) is 20.9 Å². The third-order valence-electron chi connectivity index (χ3n) is 3.93. The van der Waals surface area contributed by atoms with Crippen molar-refractivity contribution in [1.82, 2.24) is 4.98 Å². The summed E-state index contributed by atoms with van der Waals surface area (Å²) < 4.78 is 0. The molecular formula is C17H8Cl2N4O4S. The molecule has 140 valence electrons. The summed E-state index contributed by atoms with van der Waals surface area (Å²) >= 11 is 13.1. The number of non-ortho nitro benzene ring substituents is 1. The second-order valence-electron chi connectivity index (χ2n) is 5.65. The molecule has 2 N–H and O–H groups in total. The fraction of sp³-hybridized carbons (Fsp3) is 0. The van der Waals surface area contributed by atoms with Crippen molar-refractivity contribution in [1.29, 1.82) is 0 Å². The number of fused-ring (bicyclic) bond motifs is 1. The number of benzene rings is 2. The molecule has 0 saturated heterocycles. The Kier molecular flexibility index (Phi) is 4.50. The van der Waals surface area contributed by atoms with E-state index in [0.717, 1.165) is 11.3 Å². The van der Waals surface area contributed by atoms with Gasteiger partial charge in [0.1, 0.15) is 4.88 Å². The normalized spacial score (nSPS) is 12.6. The Morgan fingerprint density at radius 2 is 2.00 bits per heavy atom. The third-order valence-corrected chi connectivity index (χ3v) is 5.72. The quantitative estimate of drug-likeness (QED) is 0.480. The topological polar surface area (TPSA) is 118 Å². The molecule has 0 saturated carbocycles. The van der Waals surface area contributed by atoms with Crippen molar-refractivity contribution in [2.75, 3.05) is 5.32 Å². The lowest BCUT2D eigenvalue weighted by Crippen LogP contribution is -2.23. The predicted molar refractivity (Wildman–Crippen MR) is 105 cm³/mol. The average Bonchev–Trinajstić information content (AvgIpc) is 3.16. The van der Waals surface area contributed by atoms with Gasteiger partial charge in [-0.3, -0.25) is 14.9 Å². The molecule has 1 aromatic heterocycles. The molecule has 4 rings (SSSR count). The Labute approximate surface area is 170 Å². The first-order valence-corrected chi connectivity index (χ1v) is 9.25. The molecule has 8 nitrogen and oxygen atoms in total. The first-order chi connectivity index (χ1) is 13.3. The summed E-state index contributed by atoms with van der Waals surface area (Å²) in [6.07, 6.45) is 0. The first-order valence-electron chi connectivity index (χ1n) is 7.68. The van der Waals surface area contributed by atoms with Gasteiger partial charge in [0.2, 0.25) is 5.88 Å². The number of hydrogen-bond donors (Lipinski definition) is 2. The Morgan fingerprint density at radius 1 is 1.21 bits per heavy atom. The number of aromatic nitrogens is 1. The highest BCUT2D eigenvalue weighted by Gasteiger charge is 2.26. The van der Waals surface area contributed by atoms with Crippen LogP contribution in [0, 0.1) is 10.1 Å². The molecule has 28 heavy (non-hydrogen) atoms. The summed E-state index contributed by atoms with van der Waals surface area (Å²) in [7, 11) is 0. The number of halogens is 2. The van der Waals surface area contributed by atoms with Crippen molar-refractivity contribution >= 4 is 62.5 Å². The molecule has 11 heteroatoms. The fourth-order valence-corrected chi connectivity index (χ4v) is 3.95. The summed E-state index contributed by atoms with van der Waals surface area (Å²) in [6.45, 7) is 0. The largest absolute Gasteiger partial charge is 0.492 e. The number of carbonyl (C=O) groups is 1. The molecule has 2 heterocycles. The Hall–Kier alpha value is -3.01. The standard InChI is InChI=1S/C17H8Cl2N4O4S/c18-9-2-1-3-11(13(9)19)21-17-22-16(25)14(28-17)12-8-6-7(23(26)27)4-5-10(8)20-15(12)24/h1-6,25H,(H,21,22). The lowest BCUT2D eigenvalue weighted by molar-refractivity contribution is -0.385. The van der Waals surface area contributed by atoms with Crippen LogP contribution in [0.1, 0.15) is 4.88 Å². The summed E-state index contributed by atoms with van der Waals surface area (Å²) in [6, 6.07) is 8.89. The minimum Gasteiger partial charge on any atom is -0.492 e. The second-order valence-corrected chi connectivity index (χ2v) is 7.43. The smallest absolute Gasteiger partial charge is 0.279 e. The number of nitrogens with one attached hydrogen (secondary N) is 1. The van der Waals surface area contributed by atoms with Crippen molar-refractivity contribution in [3.63, 3.8) is 0 Å². The highest BCUT2D eigenvalue weighted by Crippen LogP contribution is 2.38. The number of nitro benzene ring substituents is 1. The number of nitro groups is 1. The highest BCUT2D eigenvalue weighted by atomic mass is 35.5. The maximum atomic E-state index is 12.4. The van der Waals surface area contributed by atoms with Gasteiger partial charge in [-0.25, -0.2) is 4.99 Å². The van der Waals surface area contributed by atoms with Gasteiger partial charge < -0.3 is 10.4 Å². The molecule has 0 fully saturated rings. The highest BCUT2D eigenvalue weighted by molar-refractivity contribution is 7.17. The van der Waals surface area contributed by atoms with Crippen LogP contribution in [0.5, 0.6) is 5.88 Å². The van der Waals surface area contributed by atoms with Gasteiger partial charge in [0.05, 0.1) is 31.6 Å². The summed E-state index contributed by atoms with van der Waals surface area (Å²) in [5.41, 5.74) is 0.339. The van der Waals surface area contributed by atoms with E-state index < -0.39 is 16.7 Å². The number of aromatic hydroxyl groups is 1. The van der Waals surface area contributed by atoms with Gasteiger partial charge in [0.25, 0.3) is 11.6 Å². The number of thiazole rings is 1. The van der Waals surface area contributed by atoms with Crippen molar-refractivity contribution in [3.8, 4) is 5.88 Å². The molecule has 3 aromatic rings. The molecule has 1 aliphatic rings. The monoisotopic (exact) mass is 434 g/mol. The number of nitrogens with zero attached hydrogens (tertiary/aromatic N) is 3. The molecule has 0 atom stereocenters. The van der Waals surface area contributed by atoms with Gasteiger partial charge in [0, 0.05) is 17.4 Å². The average molecular weight is 435 g/mol. The van der Waals surface area contributed by atoms with E-state index in [-0.39, 0.29) is 31.5 Å². The van der Waals surface area contributed by atoms with E-state index in [1.165, 1.54) is 18.2 Å². The molecule has 1 aliphatic heterocycles. The molecule has 0 aliphatic carbocycles. The SMILES string of the molecule is O=C1N=c2ccc([N+](=O)[O-])cc2=C1c1sc(Nc2cccc(Cl)c2Cl)nc1O. The van der Waals surface area contributed by atoms with Gasteiger partial charge >= 0.3 is 0 Å². The zero-order chi connectivity index (χ0) is 20.0. The van der Waals surface area contributed by atoms with E-state index >= 15 is 0 Å². The van der Waals surface area contributed by atoms with Crippen molar-refractivity contribution < 1.29 is 14.8 Å². The first kappa shape index (κ1) is 18.4. The molecular weight excluding hydrogens is 427 g/mol. The van der Waals surface area contributed by atoms with E-state index in [4.69, 9.17) is 23.2 Å². The zero-order valence-corrected chi connectivity index (χ0v) is 16.0. The second kappa shape index (κ2) is 6.86. The lowest BCUT2D eigenvalue weighted by Gasteiger charge is -2.05. The number of hydrogen-bond acceptors (Lipinski definition) is 7. The minimum absolute atomic E-state index is 0.0546. The third kappa shape index (κ3) is 3.09. The minimum atomic E-state index is -0.609. The van der Waals surface area contributed by atoms with Crippen LogP contribution in [0.4, 0.5) is 16.5 Å². The number of rotatable bonds is 4. The Balaban J connectivity index is 1.82. The molecule has 0 bridgehead atoms. The van der Waals surface area contributed by atoms with Gasteiger partial charge in [-0.05, 0) is 18.2 Å². The van der Waals surface area contributed by atoms with Crippen molar-refractivity contribution in [3.05, 3.63) is 72.0 Å². The number of carbonyl (C=O) groups excluding carboxylic acids is 1. The van der Waals surface area contributed by atoms with Gasteiger partial charge in [-0.2, -0.15) is 4.98 Å². The van der Waals surface area contributed by atoms with E-state index in [0.29, 0.717) is 16.1 Å². The molecule has 1 amide bonds. The summed E-state index contributed by atoms with van der Waals surface area (Å²) in [5.74, 6) is -1.01. The van der Waals surface area contributed by atoms with Crippen LogP contribution in [-0.2, 0) is 4.79 Å². The summed E-state index contributed by atoms with van der Waals surface area (Å²) in [5, 5.41) is 25.7. The zero-order valence-electron chi connectivity index (χ0n) is 13.6. The molecule has 0 unspecified atom stereocenters. The Morgan fingerprint density at radius 3 is 2.75 bits per heavy atom. The Bertz CT molecular complexity index is 1290. The molecule has 0 radical (unpaired) electrons. The lowest BCUT2D eigenvalue weighted by atomic mass is 10.1. The van der Waals surface area contributed by atoms with Crippen LogP contribution >= 0.6 is 34.5 Å². The maximum absolute atomic E-state index is 12.4. The maximum Gasteiger partial charge on any atom is 0.279 e. The van der Waals surface area contributed by atoms with E-state index in [9.17, 15) is 20.0 Å². The van der Waals surface area contributed by atoms with Crippen LogP contribution in [0.25, 0.3) is 5.57 Å². The van der Waals surface area contributed by atoms with Gasteiger partial charge in [-0.15, -0.1) is 0 Å². The molecule has 0 spiro atoms. The fourth-order valence-electron chi connectivity index (χ4n) is 2.68. The van der Waals surface area contributed by atoms with E-state index in [1.807, 2.05) is 0 Å². The van der Waals surface area contributed by atoms with Gasteiger partial charge in [-0.1, -0.05) is 40.6 Å². The van der Waals surface area contributed by atoms with Crippen molar-refractivity contribution in [2.45, 2.75) is 0 Å². The van der Waals surface area contributed by atoms with E-state index in [1.54, 1.807) is 18.2 Å². The van der Waals surface area contributed by atoms with Crippen LogP contribution in [0.3, 0.4) is 0 Å². The molecule has 2 aromatic carbocycles. The van der Waals surface area contributed by atoms with Gasteiger partial charge in [0.15, 0.2) is 5.13 Å². The van der Waals surface area contributed by atoms with E-state index in [2.05, 4.69) is 15.3 Å². The van der Waals surface area contributed by atoms with Crippen LogP contribution in [0.2, 0.25) is 10.0 Å². The number of anilines is 2. The van der Waals surface area contributed by atoms with Crippen molar-refractivity contribution in [2.24, 2.45) is 4.99 Å².